The topological polar surface area (TPSA) is 9.23 Å². The summed E-state index contributed by atoms with van der Waals surface area (Å²) >= 11 is 0. The van der Waals surface area contributed by atoms with Crippen LogP contribution >= 0.6 is 0 Å². The molecule has 0 heterocycles. The average molecular weight is 288 g/mol. The lowest BCUT2D eigenvalue weighted by molar-refractivity contribution is 0.260. The molecule has 4 aromatic rings. The summed E-state index contributed by atoms with van der Waals surface area (Å²) in [7, 11) is 0.411. The fourth-order valence-corrected chi connectivity index (χ4v) is 3.80. The average Bonchev–Trinajstić information content (AvgIpc) is 2.50. The quantitative estimate of drug-likeness (QED) is 0.404. The zero-order valence-electron chi connectivity index (χ0n) is 12.2. The molecule has 0 saturated heterocycles. The molecule has 0 aromatic heterocycles. The first-order chi connectivity index (χ1) is 10.2. The maximum atomic E-state index is 5.78. The van der Waals surface area contributed by atoms with Gasteiger partial charge in [0.05, 0.1) is 0 Å². The maximum absolute atomic E-state index is 5.78. The van der Waals surface area contributed by atoms with Gasteiger partial charge in [-0.25, -0.2) is 0 Å². The first kappa shape index (κ1) is 12.8. The van der Waals surface area contributed by atoms with Gasteiger partial charge in [0, 0.05) is 6.10 Å². The number of hydrogen-bond donors (Lipinski definition) is 0. The fraction of sp³-hybridized carbons (Fsp3) is 0.158. The van der Waals surface area contributed by atoms with E-state index in [1.807, 2.05) is 0 Å². The van der Waals surface area contributed by atoms with Crippen LogP contribution < -0.4 is 5.19 Å². The lowest BCUT2D eigenvalue weighted by Crippen LogP contribution is -2.20. The van der Waals surface area contributed by atoms with Crippen LogP contribution in [0.25, 0.3) is 32.3 Å². The molecule has 0 unspecified atom stereocenters. The van der Waals surface area contributed by atoms with E-state index in [0.717, 1.165) is 0 Å². The summed E-state index contributed by atoms with van der Waals surface area (Å²) in [5.74, 6) is 0. The van der Waals surface area contributed by atoms with Crippen LogP contribution in [-0.2, 0) is 4.43 Å². The predicted molar refractivity (Wildman–Crippen MR) is 91.8 cm³/mol. The minimum atomic E-state index is 0.272. The Kier molecular flexibility index (Phi) is 2.95. The second-order valence-corrected chi connectivity index (χ2v) is 6.79. The van der Waals surface area contributed by atoms with Crippen LogP contribution in [0.5, 0.6) is 0 Å². The molecule has 2 heteroatoms. The van der Waals surface area contributed by atoms with Gasteiger partial charge >= 0.3 is 0 Å². The molecule has 0 saturated carbocycles. The van der Waals surface area contributed by atoms with Gasteiger partial charge in [0.25, 0.3) is 9.76 Å². The Bertz CT molecular complexity index is 863. The van der Waals surface area contributed by atoms with E-state index in [1.165, 1.54) is 37.5 Å². The van der Waals surface area contributed by atoms with E-state index in [-0.39, 0.29) is 6.10 Å². The van der Waals surface area contributed by atoms with Gasteiger partial charge in [-0.1, -0.05) is 54.6 Å². The fourth-order valence-electron chi connectivity index (χ4n) is 3.00. The molecule has 0 aliphatic heterocycles. The summed E-state index contributed by atoms with van der Waals surface area (Å²) in [4.78, 5) is 0. The first-order valence-electron chi connectivity index (χ1n) is 7.31. The zero-order chi connectivity index (χ0) is 14.4. The molecule has 4 aromatic carbocycles. The second-order valence-electron chi connectivity index (χ2n) is 5.78. The van der Waals surface area contributed by atoms with Gasteiger partial charge < -0.3 is 4.43 Å². The molecule has 0 amide bonds. The van der Waals surface area contributed by atoms with Crippen molar-refractivity contribution in [2.75, 3.05) is 0 Å². The van der Waals surface area contributed by atoms with Crippen LogP contribution in [0.15, 0.2) is 54.6 Å². The Balaban J connectivity index is 1.99. The number of rotatable bonds is 3. The largest absolute Gasteiger partial charge is 0.409 e. The molecule has 1 nitrogen and oxygen atoms in total. The highest BCUT2D eigenvalue weighted by Crippen LogP contribution is 2.33. The Hall–Kier alpha value is -1.90. The predicted octanol–water partition coefficient (Wildman–Crippen LogP) is 4.25. The lowest BCUT2D eigenvalue weighted by atomic mass is 9.94. The Labute approximate surface area is 126 Å². The molecule has 2 radical (unpaired) electrons. The lowest BCUT2D eigenvalue weighted by Gasteiger charge is -2.12. The van der Waals surface area contributed by atoms with E-state index in [2.05, 4.69) is 68.4 Å². The summed E-state index contributed by atoms with van der Waals surface area (Å²) in [6, 6.07) is 20.0. The van der Waals surface area contributed by atoms with Crippen molar-refractivity contribution in [3.8, 4) is 0 Å². The van der Waals surface area contributed by atoms with E-state index in [9.17, 15) is 0 Å². The molecule has 0 fully saturated rings. The summed E-state index contributed by atoms with van der Waals surface area (Å²) in [5.41, 5.74) is 0. The van der Waals surface area contributed by atoms with Crippen molar-refractivity contribution in [3.05, 3.63) is 54.6 Å². The molecule has 0 bridgehead atoms. The van der Waals surface area contributed by atoms with Gasteiger partial charge in [0.1, 0.15) is 0 Å². The monoisotopic (exact) mass is 288 g/mol. The molecule has 21 heavy (non-hydrogen) atoms. The highest BCUT2D eigenvalue weighted by Gasteiger charge is 2.09. The van der Waals surface area contributed by atoms with Gasteiger partial charge in [0.2, 0.25) is 0 Å². The van der Waals surface area contributed by atoms with Gasteiger partial charge in [-0.3, -0.25) is 0 Å². The Morgan fingerprint density at radius 1 is 0.762 bits per heavy atom. The van der Waals surface area contributed by atoms with Crippen molar-refractivity contribution >= 4 is 47.3 Å². The maximum Gasteiger partial charge on any atom is 0.269 e. The first-order valence-corrected chi connectivity index (χ1v) is 8.22. The van der Waals surface area contributed by atoms with Crippen LogP contribution in [0, 0.1) is 0 Å². The van der Waals surface area contributed by atoms with Crippen molar-refractivity contribution in [2.45, 2.75) is 20.0 Å². The van der Waals surface area contributed by atoms with E-state index in [0.29, 0.717) is 9.76 Å². The molecular weight excluding hydrogens is 272 g/mol. The SMILES string of the molecule is CC(C)O[Si]c1cc2ccc3cccc4ccc(c1)c2c34. The smallest absolute Gasteiger partial charge is 0.269 e. The van der Waals surface area contributed by atoms with Gasteiger partial charge in [-0.15, -0.1) is 0 Å². The van der Waals surface area contributed by atoms with Crippen molar-refractivity contribution in [3.63, 3.8) is 0 Å². The standard InChI is InChI=1S/C19H16OSi/c1-12(2)20-21-17-10-15-8-6-13-4-3-5-14-7-9-16(11-17)19(15)18(13)14/h3-12H,1-2H3. The molecule has 0 spiro atoms. The van der Waals surface area contributed by atoms with Crippen LogP contribution in [-0.4, -0.2) is 15.9 Å². The summed E-state index contributed by atoms with van der Waals surface area (Å²) in [5, 5.41) is 9.29. The van der Waals surface area contributed by atoms with Gasteiger partial charge in [-0.05, 0) is 51.4 Å². The molecule has 0 atom stereocenters. The highest BCUT2D eigenvalue weighted by molar-refractivity contribution is 6.48. The summed E-state index contributed by atoms with van der Waals surface area (Å²) in [6.45, 7) is 4.16. The molecule has 0 aliphatic rings. The minimum Gasteiger partial charge on any atom is -0.409 e. The van der Waals surface area contributed by atoms with E-state index in [4.69, 9.17) is 4.43 Å². The Morgan fingerprint density at radius 2 is 1.29 bits per heavy atom. The zero-order valence-corrected chi connectivity index (χ0v) is 13.2. The highest BCUT2D eigenvalue weighted by atomic mass is 28.2. The summed E-state index contributed by atoms with van der Waals surface area (Å²) in [6.07, 6.45) is 0.272. The van der Waals surface area contributed by atoms with Crippen LogP contribution in [0.3, 0.4) is 0 Å². The third-order valence-electron chi connectivity index (χ3n) is 3.88. The van der Waals surface area contributed by atoms with Gasteiger partial charge in [-0.2, -0.15) is 0 Å². The minimum absolute atomic E-state index is 0.272. The van der Waals surface area contributed by atoms with Crippen LogP contribution in [0.4, 0.5) is 0 Å². The molecular formula is C19H16OSi. The van der Waals surface area contributed by atoms with E-state index >= 15 is 0 Å². The molecule has 0 N–H and O–H groups in total. The third kappa shape index (κ3) is 2.11. The van der Waals surface area contributed by atoms with Crippen molar-refractivity contribution < 1.29 is 4.43 Å². The van der Waals surface area contributed by atoms with Crippen LogP contribution in [0.1, 0.15) is 13.8 Å². The van der Waals surface area contributed by atoms with E-state index in [1.54, 1.807) is 0 Å². The van der Waals surface area contributed by atoms with Crippen LogP contribution in [0.2, 0.25) is 0 Å². The second kappa shape index (κ2) is 4.83. The van der Waals surface area contributed by atoms with Gasteiger partial charge in [0.15, 0.2) is 0 Å². The molecule has 102 valence electrons. The number of hydrogen-bond acceptors (Lipinski definition) is 1. The van der Waals surface area contributed by atoms with Crippen molar-refractivity contribution in [2.24, 2.45) is 0 Å². The Morgan fingerprint density at radius 3 is 1.86 bits per heavy atom. The van der Waals surface area contributed by atoms with Crippen molar-refractivity contribution in [1.82, 2.24) is 0 Å². The molecule has 0 aliphatic carbocycles. The summed E-state index contributed by atoms with van der Waals surface area (Å²) < 4.78 is 5.78. The van der Waals surface area contributed by atoms with Crippen molar-refractivity contribution in [1.29, 1.82) is 0 Å². The third-order valence-corrected chi connectivity index (χ3v) is 4.99. The number of benzene rings is 4. The normalized spacial score (nSPS) is 12.1. The molecule has 4 rings (SSSR count). The van der Waals surface area contributed by atoms with E-state index < -0.39 is 0 Å².